The summed E-state index contributed by atoms with van der Waals surface area (Å²) in [7, 11) is 0. The van der Waals surface area contributed by atoms with Gasteiger partial charge in [-0.05, 0) is 43.7 Å². The Hall–Kier alpha value is -1.00. The number of rotatable bonds is 8. The fourth-order valence-corrected chi connectivity index (χ4v) is 3.13. The Morgan fingerprint density at radius 2 is 2.11 bits per heavy atom. The van der Waals surface area contributed by atoms with Crippen LogP contribution in [0.1, 0.15) is 31.4 Å². The van der Waals surface area contributed by atoms with Crippen LogP contribution in [0.5, 0.6) is 0 Å². The molecule has 1 atom stereocenters. The first-order valence-electron chi connectivity index (χ1n) is 6.60. The number of nitrogens with one attached hydrogen (secondary N) is 1. The van der Waals surface area contributed by atoms with Crippen LogP contribution in [0.15, 0.2) is 24.3 Å². The summed E-state index contributed by atoms with van der Waals surface area (Å²) in [6, 6.07) is 8.32. The van der Waals surface area contributed by atoms with E-state index >= 15 is 0 Å². The molecule has 4 heteroatoms. The quantitative estimate of drug-likeness (QED) is 0.719. The molecule has 0 amide bonds. The number of aryl methyl sites for hydroxylation is 1. The Labute approximate surface area is 119 Å². The molecule has 0 aliphatic heterocycles. The van der Waals surface area contributed by atoms with E-state index in [1.165, 1.54) is 11.1 Å². The first-order chi connectivity index (χ1) is 8.99. The van der Waals surface area contributed by atoms with Gasteiger partial charge in [0.2, 0.25) is 0 Å². The second-order valence-electron chi connectivity index (χ2n) is 4.90. The van der Waals surface area contributed by atoms with E-state index in [9.17, 15) is 9.90 Å². The molecule has 0 saturated carbocycles. The molecule has 1 unspecified atom stereocenters. The van der Waals surface area contributed by atoms with Crippen molar-refractivity contribution in [1.82, 2.24) is 5.32 Å². The van der Waals surface area contributed by atoms with Crippen LogP contribution in [0.25, 0.3) is 0 Å². The van der Waals surface area contributed by atoms with Gasteiger partial charge in [-0.3, -0.25) is 4.79 Å². The summed E-state index contributed by atoms with van der Waals surface area (Å²) >= 11 is 1.79. The molecular weight excluding hydrogens is 258 g/mol. The molecule has 19 heavy (non-hydrogen) atoms. The van der Waals surface area contributed by atoms with E-state index in [0.29, 0.717) is 13.0 Å². The van der Waals surface area contributed by atoms with Crippen molar-refractivity contribution in [1.29, 1.82) is 0 Å². The van der Waals surface area contributed by atoms with Crippen LogP contribution in [0, 0.1) is 6.92 Å². The van der Waals surface area contributed by atoms with Gasteiger partial charge in [0.05, 0.1) is 0 Å². The number of carboxylic acids is 1. The average molecular weight is 281 g/mol. The number of carboxylic acid groups (broad SMARTS) is 1. The minimum Gasteiger partial charge on any atom is -0.480 e. The molecule has 1 rings (SSSR count). The van der Waals surface area contributed by atoms with Gasteiger partial charge in [-0.1, -0.05) is 31.2 Å². The molecule has 3 nitrogen and oxygen atoms in total. The van der Waals surface area contributed by atoms with Crippen LogP contribution in [0.3, 0.4) is 0 Å². The third-order valence-corrected chi connectivity index (χ3v) is 4.31. The molecule has 1 aromatic carbocycles. The average Bonchev–Trinajstić information content (AvgIpc) is 2.37. The van der Waals surface area contributed by atoms with Crippen LogP contribution in [-0.4, -0.2) is 28.9 Å². The lowest BCUT2D eigenvalue weighted by molar-refractivity contribution is -0.144. The highest BCUT2D eigenvalue weighted by Gasteiger charge is 2.31. The third kappa shape index (κ3) is 4.88. The van der Waals surface area contributed by atoms with Crippen molar-refractivity contribution in [3.05, 3.63) is 35.4 Å². The zero-order chi connectivity index (χ0) is 14.3. The van der Waals surface area contributed by atoms with Gasteiger partial charge in [-0.25, -0.2) is 0 Å². The van der Waals surface area contributed by atoms with Crippen LogP contribution in [0.4, 0.5) is 0 Å². The second-order valence-corrected chi connectivity index (χ2v) is 6.00. The van der Waals surface area contributed by atoms with Gasteiger partial charge in [-0.2, -0.15) is 11.8 Å². The maximum Gasteiger partial charge on any atom is 0.323 e. The number of thioether (sulfide) groups is 1. The Bertz CT molecular complexity index is 422. The van der Waals surface area contributed by atoms with Crippen molar-refractivity contribution >= 4 is 17.7 Å². The number of aliphatic carboxylic acids is 1. The maximum atomic E-state index is 11.3. The van der Waals surface area contributed by atoms with Crippen molar-refractivity contribution in [3.63, 3.8) is 0 Å². The highest BCUT2D eigenvalue weighted by atomic mass is 32.2. The number of likely N-dealkylation sites (N-methyl/N-ethyl adjacent to an activating group) is 1. The Balaban J connectivity index is 2.41. The minimum absolute atomic E-state index is 0.632. The molecule has 0 spiro atoms. The Kier molecular flexibility index (Phi) is 6.38. The largest absolute Gasteiger partial charge is 0.480 e. The van der Waals surface area contributed by atoms with E-state index in [2.05, 4.69) is 24.4 Å². The van der Waals surface area contributed by atoms with E-state index in [1.54, 1.807) is 18.7 Å². The number of benzene rings is 1. The lowest BCUT2D eigenvalue weighted by Gasteiger charge is -2.25. The zero-order valence-corrected chi connectivity index (χ0v) is 12.7. The Morgan fingerprint density at radius 1 is 1.42 bits per heavy atom. The summed E-state index contributed by atoms with van der Waals surface area (Å²) in [6.07, 6.45) is 0.632. The summed E-state index contributed by atoms with van der Waals surface area (Å²) in [5.41, 5.74) is 1.81. The van der Waals surface area contributed by atoms with E-state index < -0.39 is 11.5 Å². The highest BCUT2D eigenvalue weighted by Crippen LogP contribution is 2.20. The molecule has 0 aliphatic rings. The van der Waals surface area contributed by atoms with Gasteiger partial charge in [0.15, 0.2) is 0 Å². The van der Waals surface area contributed by atoms with E-state index in [4.69, 9.17) is 0 Å². The topological polar surface area (TPSA) is 49.3 Å². The van der Waals surface area contributed by atoms with Gasteiger partial charge in [0.25, 0.3) is 0 Å². The van der Waals surface area contributed by atoms with Crippen molar-refractivity contribution < 1.29 is 9.90 Å². The van der Waals surface area contributed by atoms with Gasteiger partial charge in [0, 0.05) is 5.75 Å². The number of hydrogen-bond acceptors (Lipinski definition) is 3. The van der Waals surface area contributed by atoms with E-state index in [-0.39, 0.29) is 0 Å². The summed E-state index contributed by atoms with van der Waals surface area (Å²) < 4.78 is 0. The molecule has 0 fully saturated rings. The molecule has 0 aliphatic carbocycles. The molecule has 0 bridgehead atoms. The number of hydrogen-bond donors (Lipinski definition) is 2. The van der Waals surface area contributed by atoms with Gasteiger partial charge >= 0.3 is 5.97 Å². The summed E-state index contributed by atoms with van der Waals surface area (Å²) in [5.74, 6) is 1.00. The zero-order valence-electron chi connectivity index (χ0n) is 11.9. The molecule has 106 valence electrons. The second kappa shape index (κ2) is 7.56. The molecule has 0 saturated heterocycles. The predicted molar refractivity (Wildman–Crippen MR) is 81.7 cm³/mol. The van der Waals surface area contributed by atoms with Crippen molar-refractivity contribution in [2.75, 3.05) is 12.3 Å². The molecule has 0 aromatic heterocycles. The highest BCUT2D eigenvalue weighted by molar-refractivity contribution is 7.98. The molecule has 0 radical (unpaired) electrons. The van der Waals surface area contributed by atoms with Crippen molar-refractivity contribution in [2.45, 2.75) is 38.5 Å². The van der Waals surface area contributed by atoms with E-state index in [1.807, 2.05) is 19.1 Å². The first-order valence-corrected chi connectivity index (χ1v) is 7.75. The molecule has 2 N–H and O–H groups in total. The number of carbonyl (C=O) groups is 1. The summed E-state index contributed by atoms with van der Waals surface area (Å²) in [5, 5.41) is 12.3. The fourth-order valence-electron chi connectivity index (χ4n) is 1.89. The van der Waals surface area contributed by atoms with Crippen LogP contribution >= 0.6 is 11.8 Å². The van der Waals surface area contributed by atoms with Crippen LogP contribution in [0.2, 0.25) is 0 Å². The predicted octanol–water partition coefficient (Wildman–Crippen LogP) is 3.07. The fraction of sp³-hybridized carbons (Fsp3) is 0.533. The maximum absolute atomic E-state index is 11.3. The third-order valence-electron chi connectivity index (χ3n) is 3.30. The van der Waals surface area contributed by atoms with Crippen LogP contribution in [-0.2, 0) is 10.5 Å². The van der Waals surface area contributed by atoms with E-state index in [0.717, 1.165) is 11.5 Å². The Morgan fingerprint density at radius 3 is 2.68 bits per heavy atom. The SMILES string of the molecule is CCNC(C)(CCSCc1ccccc1C)C(=O)O. The van der Waals surface area contributed by atoms with Gasteiger partial charge < -0.3 is 10.4 Å². The van der Waals surface area contributed by atoms with Crippen molar-refractivity contribution in [3.8, 4) is 0 Å². The standard InChI is InChI=1S/C15H23NO2S/c1-4-16-15(3,14(17)18)9-10-19-11-13-8-6-5-7-12(13)2/h5-8,16H,4,9-11H2,1-3H3,(H,17,18). The van der Waals surface area contributed by atoms with Gasteiger partial charge in [0.1, 0.15) is 5.54 Å². The van der Waals surface area contributed by atoms with Gasteiger partial charge in [-0.15, -0.1) is 0 Å². The molecular formula is C15H23NO2S. The minimum atomic E-state index is -0.812. The lowest BCUT2D eigenvalue weighted by atomic mass is 9.99. The molecule has 1 aromatic rings. The van der Waals surface area contributed by atoms with Crippen molar-refractivity contribution in [2.24, 2.45) is 0 Å². The lowest BCUT2D eigenvalue weighted by Crippen LogP contribution is -2.49. The molecule has 0 heterocycles. The first kappa shape index (κ1) is 16.1. The smallest absolute Gasteiger partial charge is 0.323 e. The monoisotopic (exact) mass is 281 g/mol. The van der Waals surface area contributed by atoms with Crippen LogP contribution < -0.4 is 5.32 Å². The normalized spacial score (nSPS) is 14.1. The summed E-state index contributed by atoms with van der Waals surface area (Å²) in [6.45, 7) is 6.47. The summed E-state index contributed by atoms with van der Waals surface area (Å²) in [4.78, 5) is 11.3.